The Morgan fingerprint density at radius 1 is 1.29 bits per heavy atom. The van der Waals surface area contributed by atoms with Crippen LogP contribution in [0.15, 0.2) is 52.1 Å². The maximum atomic E-state index is 13.0. The largest absolute Gasteiger partial charge is 0.409 e. The maximum Gasteiger partial charge on any atom is 0.170 e. The number of oxime groups is 1. The van der Waals surface area contributed by atoms with Crippen LogP contribution < -0.4 is 10.6 Å². The molecule has 0 spiro atoms. The molecule has 21 heavy (non-hydrogen) atoms. The molecule has 0 atom stereocenters. The number of halogens is 2. The lowest BCUT2D eigenvalue weighted by Gasteiger charge is -2.24. The van der Waals surface area contributed by atoms with Gasteiger partial charge in [0.1, 0.15) is 5.82 Å². The van der Waals surface area contributed by atoms with Crippen LogP contribution >= 0.6 is 15.9 Å². The second-order valence-corrected chi connectivity index (χ2v) is 5.23. The molecule has 0 heterocycles. The average molecular weight is 352 g/mol. The molecule has 4 nitrogen and oxygen atoms in total. The van der Waals surface area contributed by atoms with Gasteiger partial charge in [-0.15, -0.1) is 0 Å². The Balaban J connectivity index is 2.41. The number of nitrogens with two attached hydrogens (primary N) is 1. The van der Waals surface area contributed by atoms with Crippen LogP contribution in [0.4, 0.5) is 15.8 Å². The third-order valence-electron chi connectivity index (χ3n) is 3.10. The van der Waals surface area contributed by atoms with Gasteiger partial charge in [-0.1, -0.05) is 5.16 Å². The van der Waals surface area contributed by atoms with Gasteiger partial charge in [-0.05, 0) is 65.3 Å². The van der Waals surface area contributed by atoms with Crippen molar-refractivity contribution in [3.05, 3.63) is 58.3 Å². The Morgan fingerprint density at radius 2 is 1.95 bits per heavy atom. The third-order valence-corrected chi connectivity index (χ3v) is 3.73. The van der Waals surface area contributed by atoms with Crippen LogP contribution in [0.3, 0.4) is 0 Å². The Bertz CT molecular complexity index is 658. The highest BCUT2D eigenvalue weighted by Gasteiger charge is 2.12. The summed E-state index contributed by atoms with van der Waals surface area (Å²) in [6.45, 7) is 2.72. The highest BCUT2D eigenvalue weighted by Crippen LogP contribution is 2.32. The normalized spacial score (nSPS) is 11.5. The molecule has 3 N–H and O–H groups in total. The molecule has 0 aliphatic carbocycles. The fourth-order valence-corrected chi connectivity index (χ4v) is 2.65. The van der Waals surface area contributed by atoms with Gasteiger partial charge in [0.2, 0.25) is 0 Å². The van der Waals surface area contributed by atoms with E-state index in [1.165, 1.54) is 12.1 Å². The minimum Gasteiger partial charge on any atom is -0.409 e. The van der Waals surface area contributed by atoms with Crippen LogP contribution in [0.2, 0.25) is 0 Å². The molecule has 0 fully saturated rings. The van der Waals surface area contributed by atoms with Crippen LogP contribution in [0.1, 0.15) is 12.5 Å². The number of benzene rings is 2. The zero-order chi connectivity index (χ0) is 15.4. The first-order valence-corrected chi connectivity index (χ1v) is 7.16. The topological polar surface area (TPSA) is 61.8 Å². The summed E-state index contributed by atoms with van der Waals surface area (Å²) in [6.07, 6.45) is 0. The van der Waals surface area contributed by atoms with E-state index in [0.29, 0.717) is 12.1 Å². The Labute approximate surface area is 130 Å². The van der Waals surface area contributed by atoms with Crippen molar-refractivity contribution in [2.75, 3.05) is 11.4 Å². The van der Waals surface area contributed by atoms with E-state index in [1.807, 2.05) is 17.9 Å². The highest BCUT2D eigenvalue weighted by atomic mass is 79.9. The molecule has 0 saturated heterocycles. The van der Waals surface area contributed by atoms with Crippen LogP contribution in [-0.2, 0) is 0 Å². The monoisotopic (exact) mass is 351 g/mol. The fraction of sp³-hybridized carbons (Fsp3) is 0.133. The highest BCUT2D eigenvalue weighted by molar-refractivity contribution is 9.10. The molecular weight excluding hydrogens is 337 g/mol. The van der Waals surface area contributed by atoms with Crippen molar-refractivity contribution < 1.29 is 9.60 Å². The van der Waals surface area contributed by atoms with E-state index in [0.717, 1.165) is 15.8 Å². The lowest BCUT2D eigenvalue weighted by Crippen LogP contribution is -2.18. The first-order valence-electron chi connectivity index (χ1n) is 6.37. The smallest absolute Gasteiger partial charge is 0.170 e. The summed E-state index contributed by atoms with van der Waals surface area (Å²) in [5, 5.41) is 11.7. The average Bonchev–Trinajstić information content (AvgIpc) is 2.50. The number of rotatable bonds is 4. The summed E-state index contributed by atoms with van der Waals surface area (Å²) >= 11 is 3.49. The molecular formula is C15H15BrFN3O. The molecule has 0 bridgehead atoms. The van der Waals surface area contributed by atoms with Gasteiger partial charge in [-0.2, -0.15) is 0 Å². The van der Waals surface area contributed by atoms with Gasteiger partial charge >= 0.3 is 0 Å². The summed E-state index contributed by atoms with van der Waals surface area (Å²) in [6, 6.07) is 11.7. The second kappa shape index (κ2) is 6.58. The predicted molar refractivity (Wildman–Crippen MR) is 85.7 cm³/mol. The van der Waals surface area contributed by atoms with Gasteiger partial charge < -0.3 is 15.8 Å². The first-order chi connectivity index (χ1) is 10.1. The number of anilines is 2. The van der Waals surface area contributed by atoms with Gasteiger partial charge in [0.25, 0.3) is 0 Å². The molecule has 2 aromatic rings. The van der Waals surface area contributed by atoms with E-state index in [9.17, 15) is 4.39 Å². The number of hydrogen-bond donors (Lipinski definition) is 2. The molecule has 0 amide bonds. The van der Waals surface area contributed by atoms with E-state index in [-0.39, 0.29) is 11.7 Å². The van der Waals surface area contributed by atoms with Gasteiger partial charge in [0, 0.05) is 22.3 Å². The molecule has 0 saturated carbocycles. The van der Waals surface area contributed by atoms with Crippen molar-refractivity contribution in [3.63, 3.8) is 0 Å². The molecule has 2 rings (SSSR count). The predicted octanol–water partition coefficient (Wildman–Crippen LogP) is 3.84. The van der Waals surface area contributed by atoms with Crippen molar-refractivity contribution in [2.45, 2.75) is 6.92 Å². The van der Waals surface area contributed by atoms with E-state index >= 15 is 0 Å². The van der Waals surface area contributed by atoms with Crippen molar-refractivity contribution in [3.8, 4) is 0 Å². The van der Waals surface area contributed by atoms with Crippen molar-refractivity contribution in [1.82, 2.24) is 0 Å². The van der Waals surface area contributed by atoms with Crippen molar-refractivity contribution in [2.24, 2.45) is 10.9 Å². The molecule has 0 radical (unpaired) electrons. The standard InChI is InChI=1S/C15H15BrFN3O/c1-2-20(12-6-4-11(17)5-7-12)14-8-3-10(9-13(14)16)15(18)19-21/h3-9,21H,2H2,1H3,(H2,18,19). The lowest BCUT2D eigenvalue weighted by molar-refractivity contribution is 0.318. The molecule has 110 valence electrons. The van der Waals surface area contributed by atoms with Gasteiger partial charge in [-0.3, -0.25) is 0 Å². The lowest BCUT2D eigenvalue weighted by atomic mass is 10.1. The van der Waals surface area contributed by atoms with Crippen LogP contribution in [0.25, 0.3) is 0 Å². The second-order valence-electron chi connectivity index (χ2n) is 4.37. The third kappa shape index (κ3) is 3.33. The summed E-state index contributed by atoms with van der Waals surface area (Å²) in [4.78, 5) is 2.03. The van der Waals surface area contributed by atoms with E-state index in [4.69, 9.17) is 10.9 Å². The SMILES string of the molecule is CCN(c1ccc(F)cc1)c1ccc(/C(N)=N/O)cc1Br. The zero-order valence-corrected chi connectivity index (χ0v) is 13.0. The maximum absolute atomic E-state index is 13.0. The number of amidine groups is 1. The minimum absolute atomic E-state index is 0.0482. The van der Waals surface area contributed by atoms with Crippen LogP contribution in [-0.4, -0.2) is 17.6 Å². The summed E-state index contributed by atoms with van der Waals surface area (Å²) in [5.41, 5.74) is 7.99. The van der Waals surface area contributed by atoms with Gasteiger partial charge in [0.15, 0.2) is 5.84 Å². The molecule has 2 aromatic carbocycles. The Kier molecular flexibility index (Phi) is 4.80. The summed E-state index contributed by atoms with van der Waals surface area (Å²) < 4.78 is 13.8. The van der Waals surface area contributed by atoms with Crippen LogP contribution in [0, 0.1) is 5.82 Å². The van der Waals surface area contributed by atoms with Gasteiger partial charge in [-0.25, -0.2) is 4.39 Å². The van der Waals surface area contributed by atoms with E-state index in [1.54, 1.807) is 24.3 Å². The minimum atomic E-state index is -0.267. The van der Waals surface area contributed by atoms with Crippen molar-refractivity contribution in [1.29, 1.82) is 0 Å². The number of nitrogens with zero attached hydrogens (tertiary/aromatic N) is 2. The zero-order valence-electron chi connectivity index (χ0n) is 11.4. The molecule has 6 heteroatoms. The molecule has 0 unspecified atom stereocenters. The van der Waals surface area contributed by atoms with Crippen LogP contribution in [0.5, 0.6) is 0 Å². The fourth-order valence-electron chi connectivity index (χ4n) is 2.06. The van der Waals surface area contributed by atoms with E-state index in [2.05, 4.69) is 21.1 Å². The number of hydrogen-bond acceptors (Lipinski definition) is 3. The van der Waals surface area contributed by atoms with Gasteiger partial charge in [0.05, 0.1) is 5.69 Å². The molecule has 0 aromatic heterocycles. The Hall–Kier alpha value is -2.08. The quantitative estimate of drug-likeness (QED) is 0.380. The summed E-state index contributed by atoms with van der Waals surface area (Å²) in [7, 11) is 0. The Morgan fingerprint density at radius 3 is 2.48 bits per heavy atom. The molecule has 0 aliphatic heterocycles. The van der Waals surface area contributed by atoms with Crippen molar-refractivity contribution >= 4 is 33.1 Å². The summed E-state index contributed by atoms with van der Waals surface area (Å²) in [5.74, 6) is -0.219. The van der Waals surface area contributed by atoms with E-state index < -0.39 is 0 Å². The molecule has 0 aliphatic rings. The first kappa shape index (κ1) is 15.3.